The van der Waals surface area contributed by atoms with Crippen LogP contribution in [0.2, 0.25) is 0 Å². The van der Waals surface area contributed by atoms with Gasteiger partial charge in [-0.05, 0) is 74.6 Å². The second kappa shape index (κ2) is 10.8. The summed E-state index contributed by atoms with van der Waals surface area (Å²) in [6, 6.07) is 8.06. The minimum atomic E-state index is -1.32. The van der Waals surface area contributed by atoms with E-state index in [1.54, 1.807) is 25.1 Å². The summed E-state index contributed by atoms with van der Waals surface area (Å²) in [4.78, 5) is 0. The van der Waals surface area contributed by atoms with E-state index in [2.05, 4.69) is 0 Å². The van der Waals surface area contributed by atoms with Crippen molar-refractivity contribution < 1.29 is 31.1 Å². The van der Waals surface area contributed by atoms with Gasteiger partial charge < -0.3 is 4.74 Å². The third-order valence-electron chi connectivity index (χ3n) is 6.81. The van der Waals surface area contributed by atoms with Gasteiger partial charge in [-0.1, -0.05) is 36.4 Å². The standard InChI is InChI=1S/C29H26F6O/c1-3-36-23-15-14-22(28(34)29(23)35)21-13-11-19(25(31)27(21)33)10-7-17-5-8-18(9-6-17)20-12-4-16(2)24(30)26(20)32/h4,7,10-15,17-18H,3,5-6,8-9H2,1-2H3/b10-7+. The van der Waals surface area contributed by atoms with E-state index in [0.717, 1.165) is 6.07 Å². The Morgan fingerprint density at radius 2 is 1.36 bits per heavy atom. The molecule has 0 radical (unpaired) electrons. The molecule has 0 aliphatic heterocycles. The summed E-state index contributed by atoms with van der Waals surface area (Å²) in [6.45, 7) is 3.26. The number of hydrogen-bond donors (Lipinski definition) is 0. The second-order valence-electron chi connectivity index (χ2n) is 9.07. The molecule has 1 aliphatic carbocycles. The van der Waals surface area contributed by atoms with E-state index in [4.69, 9.17) is 4.74 Å². The van der Waals surface area contributed by atoms with Gasteiger partial charge in [-0.2, -0.15) is 4.39 Å². The fourth-order valence-corrected chi connectivity index (χ4v) is 4.75. The second-order valence-corrected chi connectivity index (χ2v) is 9.07. The van der Waals surface area contributed by atoms with Crippen LogP contribution in [0, 0.1) is 47.7 Å². The van der Waals surface area contributed by atoms with Crippen molar-refractivity contribution in [2.24, 2.45) is 5.92 Å². The molecule has 1 aliphatic rings. The number of ether oxygens (including phenoxy) is 1. The quantitative estimate of drug-likeness (QED) is 0.305. The molecule has 0 amide bonds. The lowest BCUT2D eigenvalue weighted by Gasteiger charge is -2.27. The Kier molecular flexibility index (Phi) is 7.76. The lowest BCUT2D eigenvalue weighted by molar-refractivity contribution is 0.314. The van der Waals surface area contributed by atoms with Crippen molar-refractivity contribution in [2.45, 2.75) is 45.4 Å². The van der Waals surface area contributed by atoms with Gasteiger partial charge in [-0.3, -0.25) is 0 Å². The Labute approximate surface area is 206 Å². The molecule has 4 rings (SSSR count). The maximum absolute atomic E-state index is 14.8. The van der Waals surface area contributed by atoms with Gasteiger partial charge >= 0.3 is 0 Å². The molecule has 190 valence electrons. The maximum Gasteiger partial charge on any atom is 0.201 e. The summed E-state index contributed by atoms with van der Waals surface area (Å²) in [5.41, 5.74) is -0.166. The van der Waals surface area contributed by atoms with Crippen LogP contribution in [0.4, 0.5) is 26.3 Å². The average molecular weight is 505 g/mol. The molecule has 0 saturated heterocycles. The normalized spacial score (nSPS) is 18.1. The average Bonchev–Trinajstić information content (AvgIpc) is 2.87. The molecule has 3 aromatic rings. The highest BCUT2D eigenvalue weighted by Gasteiger charge is 2.25. The summed E-state index contributed by atoms with van der Waals surface area (Å²) in [6.07, 6.45) is 5.91. The van der Waals surface area contributed by atoms with E-state index >= 15 is 0 Å². The van der Waals surface area contributed by atoms with Gasteiger partial charge in [0, 0.05) is 16.7 Å². The van der Waals surface area contributed by atoms with Crippen LogP contribution in [0.15, 0.2) is 42.5 Å². The molecule has 36 heavy (non-hydrogen) atoms. The first-order valence-electron chi connectivity index (χ1n) is 11.9. The highest BCUT2D eigenvalue weighted by molar-refractivity contribution is 5.68. The van der Waals surface area contributed by atoms with Gasteiger partial charge in [0.25, 0.3) is 0 Å². The number of hydrogen-bond acceptors (Lipinski definition) is 1. The van der Waals surface area contributed by atoms with Crippen molar-refractivity contribution in [2.75, 3.05) is 6.61 Å². The lowest BCUT2D eigenvalue weighted by atomic mass is 9.78. The summed E-state index contributed by atoms with van der Waals surface area (Å²) >= 11 is 0. The van der Waals surface area contributed by atoms with Crippen molar-refractivity contribution in [3.63, 3.8) is 0 Å². The Morgan fingerprint density at radius 3 is 2.03 bits per heavy atom. The molecule has 3 aromatic carbocycles. The van der Waals surface area contributed by atoms with Crippen LogP contribution in [0.1, 0.15) is 55.2 Å². The molecule has 0 bridgehead atoms. The molecule has 1 saturated carbocycles. The van der Waals surface area contributed by atoms with Crippen LogP contribution in [-0.2, 0) is 0 Å². The summed E-state index contributed by atoms with van der Waals surface area (Å²) in [5.74, 6) is -6.96. The number of rotatable bonds is 6. The highest BCUT2D eigenvalue weighted by atomic mass is 19.2. The largest absolute Gasteiger partial charge is 0.491 e. The Morgan fingerprint density at radius 1 is 0.722 bits per heavy atom. The Balaban J connectivity index is 1.47. The first-order chi connectivity index (χ1) is 17.2. The SMILES string of the molecule is CCOc1ccc(-c2ccc(/C=C/C3CCC(c4ccc(C)c(F)c4F)CC3)c(F)c2F)c(F)c1F. The first-order valence-corrected chi connectivity index (χ1v) is 11.9. The van der Waals surface area contributed by atoms with Crippen LogP contribution in [0.5, 0.6) is 5.75 Å². The van der Waals surface area contributed by atoms with E-state index in [-0.39, 0.29) is 35.3 Å². The Hall–Kier alpha value is -3.22. The van der Waals surface area contributed by atoms with Crippen molar-refractivity contribution in [3.05, 3.63) is 94.1 Å². The summed E-state index contributed by atoms with van der Waals surface area (Å²) < 4.78 is 91.6. The zero-order chi connectivity index (χ0) is 26.0. The third kappa shape index (κ3) is 5.01. The molecule has 7 heteroatoms. The molecule has 1 nitrogen and oxygen atoms in total. The lowest BCUT2D eigenvalue weighted by Crippen LogP contribution is -2.13. The van der Waals surface area contributed by atoms with Crippen molar-refractivity contribution in [1.82, 2.24) is 0 Å². The molecule has 1 fully saturated rings. The molecule has 0 aromatic heterocycles. The smallest absolute Gasteiger partial charge is 0.201 e. The van der Waals surface area contributed by atoms with Crippen molar-refractivity contribution in [1.29, 1.82) is 0 Å². The predicted octanol–water partition coefficient (Wildman–Crippen LogP) is 8.88. The highest BCUT2D eigenvalue weighted by Crippen LogP contribution is 2.39. The van der Waals surface area contributed by atoms with Gasteiger partial charge in [0.2, 0.25) is 5.82 Å². The van der Waals surface area contributed by atoms with Crippen LogP contribution in [-0.4, -0.2) is 6.61 Å². The number of allylic oxidation sites excluding steroid dienone is 1. The molecule has 0 N–H and O–H groups in total. The zero-order valence-corrected chi connectivity index (χ0v) is 20.0. The van der Waals surface area contributed by atoms with Gasteiger partial charge in [-0.15, -0.1) is 0 Å². The minimum Gasteiger partial charge on any atom is -0.491 e. The monoisotopic (exact) mass is 504 g/mol. The van der Waals surface area contributed by atoms with Crippen molar-refractivity contribution in [3.8, 4) is 16.9 Å². The van der Waals surface area contributed by atoms with Crippen LogP contribution >= 0.6 is 0 Å². The molecular weight excluding hydrogens is 478 g/mol. The fourth-order valence-electron chi connectivity index (χ4n) is 4.75. The first kappa shape index (κ1) is 25.9. The third-order valence-corrected chi connectivity index (χ3v) is 6.81. The zero-order valence-electron chi connectivity index (χ0n) is 20.0. The molecule has 0 unspecified atom stereocenters. The number of halogens is 6. The van der Waals surface area contributed by atoms with E-state index in [1.165, 1.54) is 31.2 Å². The van der Waals surface area contributed by atoms with Gasteiger partial charge in [0.05, 0.1) is 6.61 Å². The minimum absolute atomic E-state index is 0.0168. The predicted molar refractivity (Wildman–Crippen MR) is 128 cm³/mol. The fraction of sp³-hybridized carbons (Fsp3) is 0.310. The summed E-state index contributed by atoms with van der Waals surface area (Å²) in [5, 5.41) is 0. The van der Waals surface area contributed by atoms with Crippen LogP contribution in [0.3, 0.4) is 0 Å². The van der Waals surface area contributed by atoms with E-state index in [1.807, 2.05) is 0 Å². The summed E-state index contributed by atoms with van der Waals surface area (Å²) in [7, 11) is 0. The number of benzene rings is 3. The van der Waals surface area contributed by atoms with Gasteiger partial charge in [0.15, 0.2) is 34.8 Å². The van der Waals surface area contributed by atoms with Gasteiger partial charge in [0.1, 0.15) is 0 Å². The molecule has 0 spiro atoms. The van der Waals surface area contributed by atoms with E-state index < -0.39 is 46.0 Å². The number of aryl methyl sites for hydroxylation is 1. The van der Waals surface area contributed by atoms with Crippen LogP contribution in [0.25, 0.3) is 17.2 Å². The Bertz CT molecular complexity index is 1290. The molecule has 0 heterocycles. The molecule has 0 atom stereocenters. The maximum atomic E-state index is 14.8. The van der Waals surface area contributed by atoms with Crippen LogP contribution < -0.4 is 4.74 Å². The van der Waals surface area contributed by atoms with Crippen molar-refractivity contribution >= 4 is 6.08 Å². The van der Waals surface area contributed by atoms with E-state index in [9.17, 15) is 26.3 Å². The van der Waals surface area contributed by atoms with E-state index in [0.29, 0.717) is 31.2 Å². The van der Waals surface area contributed by atoms with Gasteiger partial charge in [-0.25, -0.2) is 22.0 Å². The topological polar surface area (TPSA) is 9.23 Å². The molecular formula is C29H26F6O.